The predicted octanol–water partition coefficient (Wildman–Crippen LogP) is 0.794. The topological polar surface area (TPSA) is 64.9 Å². The van der Waals surface area contributed by atoms with E-state index >= 15 is 0 Å². The lowest BCUT2D eigenvalue weighted by Crippen LogP contribution is -2.11. The van der Waals surface area contributed by atoms with Gasteiger partial charge >= 0.3 is 0 Å². The number of hydrogen-bond acceptors (Lipinski definition) is 5. The molecule has 6 heteroatoms. The zero-order valence-corrected chi connectivity index (χ0v) is 9.00. The lowest BCUT2D eigenvalue weighted by Gasteiger charge is -2.05. The Kier molecular flexibility index (Phi) is 3.32. The third kappa shape index (κ3) is 2.69. The lowest BCUT2D eigenvalue weighted by molar-refractivity contribution is 0.411. The summed E-state index contributed by atoms with van der Waals surface area (Å²) in [6.45, 7) is 1.58. The van der Waals surface area contributed by atoms with E-state index < -0.39 is 0 Å². The van der Waals surface area contributed by atoms with Crippen molar-refractivity contribution in [2.24, 2.45) is 0 Å². The molecular formula is C10H13N5O. The van der Waals surface area contributed by atoms with Crippen molar-refractivity contribution < 1.29 is 4.74 Å². The first-order valence-electron chi connectivity index (χ1n) is 4.94. The molecule has 16 heavy (non-hydrogen) atoms. The fraction of sp³-hybridized carbons (Fsp3) is 0.300. The molecule has 0 saturated carbocycles. The Bertz CT molecular complexity index is 411. The van der Waals surface area contributed by atoms with Crippen molar-refractivity contribution in [2.45, 2.75) is 6.54 Å². The summed E-state index contributed by atoms with van der Waals surface area (Å²) >= 11 is 0. The highest BCUT2D eigenvalue weighted by Gasteiger charge is 1.96. The molecule has 0 spiro atoms. The molecule has 0 atom stereocenters. The summed E-state index contributed by atoms with van der Waals surface area (Å²) in [4.78, 5) is 12.2. The van der Waals surface area contributed by atoms with Gasteiger partial charge in [0.05, 0.1) is 25.8 Å². The van der Waals surface area contributed by atoms with Crippen LogP contribution in [-0.2, 0) is 6.54 Å². The van der Waals surface area contributed by atoms with E-state index in [0.717, 1.165) is 13.1 Å². The van der Waals surface area contributed by atoms with Crippen LogP contribution in [-0.4, -0.2) is 33.2 Å². The zero-order valence-electron chi connectivity index (χ0n) is 9.00. The minimum Gasteiger partial charge on any atom is -0.494 e. The zero-order chi connectivity index (χ0) is 11.2. The van der Waals surface area contributed by atoms with Gasteiger partial charge in [0.15, 0.2) is 5.75 Å². The average Bonchev–Trinajstić information content (AvgIpc) is 2.83. The van der Waals surface area contributed by atoms with Crippen molar-refractivity contribution in [2.75, 3.05) is 19.0 Å². The molecule has 0 saturated heterocycles. The lowest BCUT2D eigenvalue weighted by atomic mass is 10.6. The van der Waals surface area contributed by atoms with Crippen LogP contribution in [0.25, 0.3) is 0 Å². The first kappa shape index (κ1) is 10.4. The Hall–Kier alpha value is -2.11. The van der Waals surface area contributed by atoms with Crippen molar-refractivity contribution in [3.8, 4) is 5.75 Å². The second-order valence-electron chi connectivity index (χ2n) is 3.17. The van der Waals surface area contributed by atoms with Crippen molar-refractivity contribution in [3.63, 3.8) is 0 Å². The smallest absolute Gasteiger partial charge is 0.222 e. The van der Waals surface area contributed by atoms with Gasteiger partial charge in [0.1, 0.15) is 0 Å². The Morgan fingerprint density at radius 3 is 2.81 bits per heavy atom. The maximum Gasteiger partial charge on any atom is 0.222 e. The Labute approximate surface area is 93.3 Å². The second-order valence-corrected chi connectivity index (χ2v) is 3.17. The first-order valence-corrected chi connectivity index (χ1v) is 4.94. The minimum absolute atomic E-state index is 0.598. The van der Waals surface area contributed by atoms with Crippen LogP contribution < -0.4 is 10.1 Å². The van der Waals surface area contributed by atoms with Crippen molar-refractivity contribution in [1.82, 2.24) is 19.5 Å². The van der Waals surface area contributed by atoms with Crippen LogP contribution >= 0.6 is 0 Å². The molecule has 1 N–H and O–H groups in total. The molecule has 2 rings (SSSR count). The molecule has 0 aliphatic carbocycles. The van der Waals surface area contributed by atoms with Gasteiger partial charge in [-0.15, -0.1) is 0 Å². The van der Waals surface area contributed by atoms with Crippen LogP contribution in [0.2, 0.25) is 0 Å². The van der Waals surface area contributed by atoms with Crippen LogP contribution in [0.15, 0.2) is 31.1 Å². The molecule has 0 radical (unpaired) electrons. The third-order valence-corrected chi connectivity index (χ3v) is 2.08. The summed E-state index contributed by atoms with van der Waals surface area (Å²) in [5.41, 5.74) is 0. The predicted molar refractivity (Wildman–Crippen MR) is 59.3 cm³/mol. The minimum atomic E-state index is 0.598. The molecule has 2 aromatic rings. The summed E-state index contributed by atoms with van der Waals surface area (Å²) in [7, 11) is 1.59. The Balaban J connectivity index is 1.81. The van der Waals surface area contributed by atoms with Crippen LogP contribution in [0, 0.1) is 0 Å². The quantitative estimate of drug-likeness (QED) is 0.805. The number of hydrogen-bond donors (Lipinski definition) is 1. The van der Waals surface area contributed by atoms with Gasteiger partial charge in [0, 0.05) is 25.5 Å². The van der Waals surface area contributed by atoms with E-state index in [2.05, 4.69) is 20.3 Å². The maximum absolute atomic E-state index is 4.97. The molecule has 0 aromatic carbocycles. The number of nitrogens with zero attached hydrogens (tertiary/aromatic N) is 4. The Morgan fingerprint density at radius 2 is 2.19 bits per heavy atom. The monoisotopic (exact) mass is 219 g/mol. The molecule has 0 bridgehead atoms. The number of nitrogens with one attached hydrogen (secondary N) is 1. The van der Waals surface area contributed by atoms with Crippen molar-refractivity contribution in [3.05, 3.63) is 31.1 Å². The van der Waals surface area contributed by atoms with Crippen LogP contribution in [0.5, 0.6) is 5.75 Å². The molecular weight excluding hydrogens is 206 g/mol. The highest BCUT2D eigenvalue weighted by Crippen LogP contribution is 2.06. The van der Waals surface area contributed by atoms with E-state index in [9.17, 15) is 0 Å². The standard InChI is InChI=1S/C10H13N5O/c1-16-9-6-13-10(14-7-9)12-3-5-15-4-2-11-8-15/h2,4,6-8H,3,5H2,1H3,(H,12,13,14). The van der Waals surface area contributed by atoms with Crippen molar-refractivity contribution >= 4 is 5.95 Å². The van der Waals surface area contributed by atoms with Gasteiger partial charge in [0.25, 0.3) is 0 Å². The van der Waals surface area contributed by atoms with Gasteiger partial charge in [0.2, 0.25) is 5.95 Å². The molecule has 84 valence electrons. The molecule has 0 fully saturated rings. The van der Waals surface area contributed by atoms with Gasteiger partial charge in [-0.3, -0.25) is 0 Å². The largest absolute Gasteiger partial charge is 0.494 e. The summed E-state index contributed by atoms with van der Waals surface area (Å²) in [6.07, 6.45) is 8.70. The van der Waals surface area contributed by atoms with E-state index in [-0.39, 0.29) is 0 Å². The number of methoxy groups -OCH3 is 1. The van der Waals surface area contributed by atoms with E-state index in [1.807, 2.05) is 10.8 Å². The number of aromatic nitrogens is 4. The van der Waals surface area contributed by atoms with Crippen LogP contribution in [0.1, 0.15) is 0 Å². The van der Waals surface area contributed by atoms with Crippen LogP contribution in [0.3, 0.4) is 0 Å². The van der Waals surface area contributed by atoms with E-state index in [0.29, 0.717) is 11.7 Å². The Morgan fingerprint density at radius 1 is 1.38 bits per heavy atom. The number of rotatable bonds is 5. The summed E-state index contributed by atoms with van der Waals surface area (Å²) in [6, 6.07) is 0. The maximum atomic E-state index is 4.97. The molecule has 0 amide bonds. The van der Waals surface area contributed by atoms with Crippen LogP contribution in [0.4, 0.5) is 5.95 Å². The SMILES string of the molecule is COc1cnc(NCCn2ccnc2)nc1. The van der Waals surface area contributed by atoms with E-state index in [1.165, 1.54) is 0 Å². The molecule has 0 unspecified atom stereocenters. The van der Waals surface area contributed by atoms with Gasteiger partial charge in [-0.1, -0.05) is 0 Å². The number of imidazole rings is 1. The normalized spacial score (nSPS) is 10.1. The number of ether oxygens (including phenoxy) is 1. The molecule has 2 heterocycles. The van der Waals surface area contributed by atoms with Gasteiger partial charge in [-0.05, 0) is 0 Å². The third-order valence-electron chi connectivity index (χ3n) is 2.08. The van der Waals surface area contributed by atoms with E-state index in [4.69, 9.17) is 4.74 Å². The summed E-state index contributed by atoms with van der Waals surface area (Å²) < 4.78 is 6.95. The highest BCUT2D eigenvalue weighted by atomic mass is 16.5. The van der Waals surface area contributed by atoms with Gasteiger partial charge in [-0.2, -0.15) is 0 Å². The fourth-order valence-electron chi connectivity index (χ4n) is 1.23. The second kappa shape index (κ2) is 5.11. The highest BCUT2D eigenvalue weighted by molar-refractivity contribution is 5.26. The molecule has 0 aliphatic rings. The molecule has 0 aliphatic heterocycles. The van der Waals surface area contributed by atoms with Crippen molar-refractivity contribution in [1.29, 1.82) is 0 Å². The fourth-order valence-corrected chi connectivity index (χ4v) is 1.23. The van der Waals surface area contributed by atoms with E-state index in [1.54, 1.807) is 32.0 Å². The van der Waals surface area contributed by atoms with Gasteiger partial charge < -0.3 is 14.6 Å². The summed E-state index contributed by atoms with van der Waals surface area (Å²) in [5, 5.41) is 3.11. The summed E-state index contributed by atoms with van der Waals surface area (Å²) in [5.74, 6) is 1.25. The molecule has 6 nitrogen and oxygen atoms in total. The average molecular weight is 219 g/mol. The van der Waals surface area contributed by atoms with Gasteiger partial charge in [-0.25, -0.2) is 15.0 Å². The number of anilines is 1. The molecule has 2 aromatic heterocycles. The first-order chi connectivity index (χ1) is 7.88.